The second kappa shape index (κ2) is 8.49. The quantitative estimate of drug-likeness (QED) is 0.661. The molecular weight excluding hydrogens is 402 g/mol. The van der Waals surface area contributed by atoms with E-state index in [0.717, 1.165) is 18.1 Å². The average molecular weight is 430 g/mol. The molecule has 31 heavy (non-hydrogen) atoms. The summed E-state index contributed by atoms with van der Waals surface area (Å²) in [5, 5.41) is 0. The van der Waals surface area contributed by atoms with Crippen molar-refractivity contribution < 1.29 is 18.3 Å². The molecule has 1 aromatic heterocycles. The molecule has 0 aliphatic carbocycles. The van der Waals surface area contributed by atoms with Gasteiger partial charge in [-0.25, -0.2) is 18.7 Å². The van der Waals surface area contributed by atoms with Gasteiger partial charge < -0.3 is 14.5 Å². The molecule has 2 atom stereocenters. The molecule has 0 N–H and O–H groups in total. The Hall–Kier alpha value is -2.61. The van der Waals surface area contributed by atoms with E-state index < -0.39 is 17.3 Å². The molecule has 3 fully saturated rings. The van der Waals surface area contributed by atoms with Crippen LogP contribution < -0.4 is 4.90 Å². The van der Waals surface area contributed by atoms with Gasteiger partial charge >= 0.3 is 0 Å². The number of aromatic nitrogens is 2. The molecule has 0 bridgehead atoms. The zero-order valence-electron chi connectivity index (χ0n) is 18.0. The third-order valence-electron chi connectivity index (χ3n) is 6.36. The number of ether oxygens (including phenoxy) is 1. The Morgan fingerprint density at radius 2 is 1.94 bits per heavy atom. The SMILES string of the molecule is C=C(/C=C(F)\C=C(/C)F)[C@@H]1CC[C@H]2OC3(CCN(c4ncc(CC)cn4)CC3)C(=O)N21. The van der Waals surface area contributed by atoms with Gasteiger partial charge in [-0.1, -0.05) is 13.5 Å². The van der Waals surface area contributed by atoms with E-state index in [2.05, 4.69) is 28.4 Å². The van der Waals surface area contributed by atoms with Crippen molar-refractivity contribution in [1.82, 2.24) is 14.9 Å². The Morgan fingerprint density at radius 1 is 1.26 bits per heavy atom. The minimum Gasteiger partial charge on any atom is -0.342 e. The summed E-state index contributed by atoms with van der Waals surface area (Å²) in [6.07, 6.45) is 8.67. The summed E-state index contributed by atoms with van der Waals surface area (Å²) < 4.78 is 33.1. The Morgan fingerprint density at radius 3 is 2.55 bits per heavy atom. The van der Waals surface area contributed by atoms with E-state index in [1.54, 1.807) is 4.90 Å². The fourth-order valence-electron chi connectivity index (χ4n) is 4.68. The highest BCUT2D eigenvalue weighted by atomic mass is 19.1. The van der Waals surface area contributed by atoms with Crippen LogP contribution in [0.3, 0.4) is 0 Å². The number of carbonyl (C=O) groups is 1. The third kappa shape index (κ3) is 4.13. The van der Waals surface area contributed by atoms with Gasteiger partial charge in [-0.15, -0.1) is 0 Å². The summed E-state index contributed by atoms with van der Waals surface area (Å²) >= 11 is 0. The number of nitrogens with zero attached hydrogens (tertiary/aromatic N) is 4. The van der Waals surface area contributed by atoms with Gasteiger partial charge in [-0.05, 0) is 43.4 Å². The van der Waals surface area contributed by atoms with Gasteiger partial charge in [0.2, 0.25) is 5.95 Å². The third-order valence-corrected chi connectivity index (χ3v) is 6.36. The van der Waals surface area contributed by atoms with Crippen LogP contribution in [-0.2, 0) is 16.0 Å². The lowest BCUT2D eigenvalue weighted by atomic mass is 9.89. The van der Waals surface area contributed by atoms with Crippen LogP contribution in [0.2, 0.25) is 0 Å². The maximum atomic E-state index is 13.9. The molecule has 1 spiro atoms. The van der Waals surface area contributed by atoms with Crippen molar-refractivity contribution in [3.63, 3.8) is 0 Å². The second-order valence-corrected chi connectivity index (χ2v) is 8.44. The predicted octanol–water partition coefficient (Wildman–Crippen LogP) is 4.01. The summed E-state index contributed by atoms with van der Waals surface area (Å²) in [7, 11) is 0. The Balaban J connectivity index is 1.44. The minimum absolute atomic E-state index is 0.0610. The maximum absolute atomic E-state index is 13.9. The van der Waals surface area contributed by atoms with E-state index in [1.165, 1.54) is 13.0 Å². The molecule has 3 saturated heterocycles. The van der Waals surface area contributed by atoms with Crippen LogP contribution in [0, 0.1) is 0 Å². The average Bonchev–Trinajstić information content (AvgIpc) is 3.26. The lowest BCUT2D eigenvalue weighted by molar-refractivity contribution is -0.140. The van der Waals surface area contributed by atoms with Crippen LogP contribution in [0.5, 0.6) is 0 Å². The molecule has 0 aromatic carbocycles. The largest absolute Gasteiger partial charge is 0.342 e. The molecule has 0 unspecified atom stereocenters. The Labute approximate surface area is 181 Å². The molecule has 4 heterocycles. The van der Waals surface area contributed by atoms with Crippen LogP contribution in [0.4, 0.5) is 14.7 Å². The molecule has 6 nitrogen and oxygen atoms in total. The van der Waals surface area contributed by atoms with Crippen molar-refractivity contribution in [2.45, 2.75) is 63.8 Å². The first-order valence-corrected chi connectivity index (χ1v) is 10.8. The Bertz CT molecular complexity index is 916. The molecule has 4 rings (SSSR count). The number of halogens is 2. The molecule has 3 aliphatic rings. The highest BCUT2D eigenvalue weighted by molar-refractivity contribution is 5.88. The normalized spacial score (nSPS) is 26.0. The van der Waals surface area contributed by atoms with Gasteiger partial charge in [0.25, 0.3) is 5.91 Å². The predicted molar refractivity (Wildman–Crippen MR) is 114 cm³/mol. The topological polar surface area (TPSA) is 58.6 Å². The van der Waals surface area contributed by atoms with Crippen LogP contribution in [0.25, 0.3) is 0 Å². The highest BCUT2D eigenvalue weighted by Crippen LogP contribution is 2.44. The molecule has 166 valence electrons. The van der Waals surface area contributed by atoms with Gasteiger partial charge in [0.1, 0.15) is 12.1 Å². The molecule has 1 aromatic rings. The van der Waals surface area contributed by atoms with Gasteiger partial charge in [0, 0.05) is 44.4 Å². The first kappa shape index (κ1) is 21.6. The summed E-state index contributed by atoms with van der Waals surface area (Å²) in [6, 6.07) is -0.334. The first-order valence-electron chi connectivity index (χ1n) is 10.8. The minimum atomic E-state index is -0.860. The van der Waals surface area contributed by atoms with E-state index in [4.69, 9.17) is 4.74 Å². The van der Waals surface area contributed by atoms with Crippen LogP contribution in [0.15, 0.2) is 48.4 Å². The summed E-state index contributed by atoms with van der Waals surface area (Å²) in [5.41, 5.74) is 0.677. The second-order valence-electron chi connectivity index (χ2n) is 8.44. The number of aryl methyl sites for hydroxylation is 1. The highest BCUT2D eigenvalue weighted by Gasteiger charge is 2.58. The zero-order chi connectivity index (χ0) is 22.2. The number of hydrogen-bond acceptors (Lipinski definition) is 5. The van der Waals surface area contributed by atoms with Crippen molar-refractivity contribution in [1.29, 1.82) is 0 Å². The molecule has 8 heteroatoms. The van der Waals surface area contributed by atoms with Gasteiger partial charge in [-0.2, -0.15) is 0 Å². The first-order chi connectivity index (χ1) is 14.8. The fraction of sp³-hybridized carbons (Fsp3) is 0.522. The van der Waals surface area contributed by atoms with Gasteiger partial charge in [-0.3, -0.25) is 4.79 Å². The number of carbonyl (C=O) groups excluding carboxylic acids is 1. The van der Waals surface area contributed by atoms with Crippen molar-refractivity contribution in [2.75, 3.05) is 18.0 Å². The number of piperidine rings is 1. The molecule has 1 amide bonds. The van der Waals surface area contributed by atoms with Crippen molar-refractivity contribution in [2.24, 2.45) is 0 Å². The lowest BCUT2D eigenvalue weighted by Crippen LogP contribution is -2.51. The molecule has 0 saturated carbocycles. The number of amides is 1. The number of allylic oxidation sites excluding steroid dienone is 3. The van der Waals surface area contributed by atoms with E-state index in [-0.39, 0.29) is 18.2 Å². The van der Waals surface area contributed by atoms with Gasteiger partial charge in [0.15, 0.2) is 5.60 Å². The number of hydrogen-bond donors (Lipinski definition) is 0. The monoisotopic (exact) mass is 430 g/mol. The summed E-state index contributed by atoms with van der Waals surface area (Å²) in [4.78, 5) is 26.1. The van der Waals surface area contributed by atoms with Crippen molar-refractivity contribution in [3.05, 3.63) is 53.9 Å². The van der Waals surface area contributed by atoms with Crippen LogP contribution in [0.1, 0.15) is 45.1 Å². The molecule has 3 aliphatic heterocycles. The van der Waals surface area contributed by atoms with E-state index in [0.29, 0.717) is 50.3 Å². The van der Waals surface area contributed by atoms with Crippen LogP contribution in [-0.4, -0.2) is 51.7 Å². The smallest absolute Gasteiger partial charge is 0.257 e. The fourth-order valence-corrected chi connectivity index (χ4v) is 4.68. The summed E-state index contributed by atoms with van der Waals surface area (Å²) in [5.74, 6) is -0.723. The van der Waals surface area contributed by atoms with E-state index in [9.17, 15) is 13.6 Å². The van der Waals surface area contributed by atoms with Crippen molar-refractivity contribution in [3.8, 4) is 0 Å². The standard InChI is InChI=1S/C23H28F2N4O2/c1-4-17-13-26-22(27-14-17)28-9-7-23(8-10-28)21(30)29-19(5-6-20(29)31-23)15(2)11-18(25)12-16(3)24/h11-14,19-20H,2,4-10H2,1,3H3/b16-12+,18-11+/t19-,20+/m0/s1. The maximum Gasteiger partial charge on any atom is 0.257 e. The number of rotatable bonds is 5. The Kier molecular flexibility index (Phi) is 5.92. The van der Waals surface area contributed by atoms with Crippen molar-refractivity contribution >= 4 is 11.9 Å². The van der Waals surface area contributed by atoms with Gasteiger partial charge in [0.05, 0.1) is 11.9 Å². The van der Waals surface area contributed by atoms with E-state index >= 15 is 0 Å². The van der Waals surface area contributed by atoms with Crippen LogP contribution >= 0.6 is 0 Å². The zero-order valence-corrected chi connectivity index (χ0v) is 18.0. The number of anilines is 1. The lowest BCUT2D eigenvalue weighted by Gasteiger charge is -2.37. The molecular formula is C23H28F2N4O2. The number of fused-ring (bicyclic) bond motifs is 1. The summed E-state index contributed by atoms with van der Waals surface area (Å²) in [6.45, 7) is 8.42. The van der Waals surface area contributed by atoms with E-state index in [1.807, 2.05) is 12.4 Å². The molecule has 0 radical (unpaired) electrons.